The number of hydrogen-bond donors (Lipinski definition) is 1. The first-order valence-corrected chi connectivity index (χ1v) is 15.6. The lowest BCUT2D eigenvalue weighted by molar-refractivity contribution is -0.120. The van der Waals surface area contributed by atoms with E-state index in [2.05, 4.69) is 90.5 Å². The van der Waals surface area contributed by atoms with Crippen molar-refractivity contribution in [3.8, 4) is 16.9 Å². The van der Waals surface area contributed by atoms with Gasteiger partial charge in [-0.2, -0.15) is 0 Å². The van der Waals surface area contributed by atoms with Crippen molar-refractivity contribution in [3.63, 3.8) is 0 Å². The van der Waals surface area contributed by atoms with Crippen LogP contribution in [-0.2, 0) is 24.2 Å². The van der Waals surface area contributed by atoms with Gasteiger partial charge in [-0.15, -0.1) is 0 Å². The second kappa shape index (κ2) is 15.2. The monoisotopic (exact) mass is 573 g/mol. The van der Waals surface area contributed by atoms with Crippen molar-refractivity contribution in [1.82, 2.24) is 14.9 Å². The number of hydrogen-bond acceptors (Lipinski definition) is 3. The molecule has 0 saturated heterocycles. The highest BCUT2D eigenvalue weighted by molar-refractivity contribution is 5.79. The lowest BCUT2D eigenvalue weighted by atomic mass is 10.0. The Morgan fingerprint density at radius 3 is 2.35 bits per heavy atom. The third kappa shape index (κ3) is 8.57. The minimum atomic E-state index is 0.0794. The van der Waals surface area contributed by atoms with E-state index in [-0.39, 0.29) is 5.91 Å². The van der Waals surface area contributed by atoms with Gasteiger partial charge in [0.25, 0.3) is 0 Å². The van der Waals surface area contributed by atoms with Crippen molar-refractivity contribution in [3.05, 3.63) is 120 Å². The largest absolute Gasteiger partial charge is 0.494 e. The fourth-order valence-electron chi connectivity index (χ4n) is 5.44. The van der Waals surface area contributed by atoms with Gasteiger partial charge in [0.05, 0.1) is 24.1 Å². The number of nitrogens with zero attached hydrogens (tertiary/aromatic N) is 2. The van der Waals surface area contributed by atoms with Crippen molar-refractivity contribution < 1.29 is 9.53 Å². The Hall–Kier alpha value is -4.38. The van der Waals surface area contributed by atoms with Gasteiger partial charge in [-0.05, 0) is 91.6 Å². The van der Waals surface area contributed by atoms with Gasteiger partial charge in [0.2, 0.25) is 5.91 Å². The van der Waals surface area contributed by atoms with Gasteiger partial charge in [0.15, 0.2) is 0 Å². The number of unbranched alkanes of at least 4 members (excludes halogenated alkanes) is 3. The molecule has 4 aromatic carbocycles. The summed E-state index contributed by atoms with van der Waals surface area (Å²) in [5.41, 5.74) is 8.21. The van der Waals surface area contributed by atoms with E-state index in [1.807, 2.05) is 30.3 Å². The average Bonchev–Trinajstić information content (AvgIpc) is 3.38. The van der Waals surface area contributed by atoms with E-state index in [1.165, 1.54) is 27.8 Å². The van der Waals surface area contributed by atoms with E-state index < -0.39 is 0 Å². The number of aryl methyl sites for hydroxylation is 4. The smallest absolute Gasteiger partial charge is 0.224 e. The molecule has 0 aliphatic heterocycles. The van der Waals surface area contributed by atoms with E-state index >= 15 is 0 Å². The molecule has 5 aromatic rings. The van der Waals surface area contributed by atoms with E-state index in [1.54, 1.807) is 0 Å². The first-order valence-electron chi connectivity index (χ1n) is 15.6. The summed E-state index contributed by atoms with van der Waals surface area (Å²) in [4.78, 5) is 17.4. The average molecular weight is 574 g/mol. The van der Waals surface area contributed by atoms with Gasteiger partial charge >= 0.3 is 0 Å². The summed E-state index contributed by atoms with van der Waals surface area (Å²) in [7, 11) is 0. The van der Waals surface area contributed by atoms with Crippen LogP contribution in [0.2, 0.25) is 0 Å². The maximum atomic E-state index is 12.5. The van der Waals surface area contributed by atoms with Crippen LogP contribution in [0, 0.1) is 13.8 Å². The van der Waals surface area contributed by atoms with Crippen LogP contribution < -0.4 is 10.1 Å². The van der Waals surface area contributed by atoms with E-state index in [0.717, 1.165) is 74.3 Å². The van der Waals surface area contributed by atoms with Gasteiger partial charge in [-0.25, -0.2) is 4.98 Å². The highest BCUT2D eigenvalue weighted by Crippen LogP contribution is 2.21. The Labute approximate surface area is 255 Å². The SMILES string of the molecule is Cc1ccc(OCCCCn2c(CCCCCNC(=O)Cc3ccc(-c4ccccc4)cc3)nc3ccccc32)cc1C. The van der Waals surface area contributed by atoms with Gasteiger partial charge < -0.3 is 14.6 Å². The van der Waals surface area contributed by atoms with Crippen molar-refractivity contribution in [2.45, 2.75) is 65.3 Å². The minimum absolute atomic E-state index is 0.0794. The van der Waals surface area contributed by atoms with Crippen molar-refractivity contribution in [2.75, 3.05) is 13.2 Å². The molecule has 5 nitrogen and oxygen atoms in total. The Morgan fingerprint density at radius 1 is 0.767 bits per heavy atom. The van der Waals surface area contributed by atoms with Crippen LogP contribution in [0.1, 0.15) is 54.6 Å². The fourth-order valence-corrected chi connectivity index (χ4v) is 5.44. The topological polar surface area (TPSA) is 56.1 Å². The number of fused-ring (bicyclic) bond motifs is 1. The van der Waals surface area contributed by atoms with Crippen LogP contribution >= 0.6 is 0 Å². The molecule has 5 heteroatoms. The zero-order valence-corrected chi connectivity index (χ0v) is 25.5. The summed E-state index contributed by atoms with van der Waals surface area (Å²) >= 11 is 0. The van der Waals surface area contributed by atoms with E-state index in [4.69, 9.17) is 9.72 Å². The van der Waals surface area contributed by atoms with Crippen molar-refractivity contribution >= 4 is 16.9 Å². The molecule has 0 aliphatic carbocycles. The molecule has 1 amide bonds. The third-order valence-electron chi connectivity index (χ3n) is 8.08. The summed E-state index contributed by atoms with van der Waals surface area (Å²) in [6, 6.07) is 33.3. The molecule has 0 bridgehead atoms. The van der Waals surface area contributed by atoms with Crippen LogP contribution in [-0.4, -0.2) is 28.6 Å². The summed E-state index contributed by atoms with van der Waals surface area (Å²) in [6.45, 7) is 6.61. The second-order valence-corrected chi connectivity index (χ2v) is 11.4. The van der Waals surface area contributed by atoms with E-state index in [0.29, 0.717) is 13.0 Å². The highest BCUT2D eigenvalue weighted by Gasteiger charge is 2.10. The highest BCUT2D eigenvalue weighted by atomic mass is 16.5. The number of rotatable bonds is 15. The normalized spacial score (nSPS) is 11.1. The Morgan fingerprint density at radius 2 is 1.53 bits per heavy atom. The van der Waals surface area contributed by atoms with Crippen LogP contribution in [0.4, 0.5) is 0 Å². The predicted octanol–water partition coefficient (Wildman–Crippen LogP) is 8.25. The summed E-state index contributed by atoms with van der Waals surface area (Å²) in [5.74, 6) is 2.18. The molecule has 5 rings (SSSR count). The summed E-state index contributed by atoms with van der Waals surface area (Å²) in [6.07, 6.45) is 6.46. The number of amides is 1. The molecule has 1 aromatic heterocycles. The maximum Gasteiger partial charge on any atom is 0.224 e. The Kier molecular flexibility index (Phi) is 10.6. The zero-order valence-electron chi connectivity index (χ0n) is 25.5. The quantitative estimate of drug-likeness (QED) is 0.128. The zero-order chi connectivity index (χ0) is 29.9. The number of imidazole rings is 1. The van der Waals surface area contributed by atoms with Crippen LogP contribution in [0.15, 0.2) is 97.1 Å². The lowest BCUT2D eigenvalue weighted by Gasteiger charge is -2.11. The summed E-state index contributed by atoms with van der Waals surface area (Å²) in [5, 5.41) is 3.09. The molecule has 0 saturated carbocycles. The van der Waals surface area contributed by atoms with Gasteiger partial charge in [-0.1, -0.05) is 79.2 Å². The number of aromatic nitrogens is 2. The fraction of sp³-hybridized carbons (Fsp3) is 0.316. The molecule has 0 aliphatic rings. The van der Waals surface area contributed by atoms with Crippen molar-refractivity contribution in [2.24, 2.45) is 0 Å². The van der Waals surface area contributed by atoms with E-state index in [9.17, 15) is 4.79 Å². The molecule has 1 N–H and O–H groups in total. The summed E-state index contributed by atoms with van der Waals surface area (Å²) < 4.78 is 8.38. The molecule has 222 valence electrons. The third-order valence-corrected chi connectivity index (χ3v) is 8.08. The van der Waals surface area contributed by atoms with Crippen LogP contribution in [0.5, 0.6) is 5.75 Å². The number of benzene rings is 4. The molecule has 0 spiro atoms. The Balaban J connectivity index is 1.02. The molecular formula is C38H43N3O2. The van der Waals surface area contributed by atoms with Gasteiger partial charge in [0, 0.05) is 19.5 Å². The number of ether oxygens (including phenoxy) is 1. The Bertz CT molecular complexity index is 1610. The first-order chi connectivity index (χ1) is 21.1. The van der Waals surface area contributed by atoms with Crippen LogP contribution in [0.25, 0.3) is 22.2 Å². The first kappa shape index (κ1) is 30.1. The van der Waals surface area contributed by atoms with Gasteiger partial charge in [-0.3, -0.25) is 4.79 Å². The van der Waals surface area contributed by atoms with Crippen molar-refractivity contribution in [1.29, 1.82) is 0 Å². The standard InChI is InChI=1S/C38H43N3O2/c1-29-18-23-34(27-30(29)2)43-26-12-11-25-41-36-16-9-8-15-35(36)40-37(41)17-7-4-10-24-39-38(42)28-31-19-21-33(22-20-31)32-13-5-3-6-14-32/h3,5-6,8-9,13-16,18-23,27H,4,7,10-12,17,24-26,28H2,1-2H3,(H,39,42). The van der Waals surface area contributed by atoms with Crippen LogP contribution in [0.3, 0.4) is 0 Å². The molecule has 1 heterocycles. The molecule has 0 radical (unpaired) electrons. The number of carbonyl (C=O) groups is 1. The molecule has 0 atom stereocenters. The molecular weight excluding hydrogens is 530 g/mol. The predicted molar refractivity (Wildman–Crippen MR) is 177 cm³/mol. The lowest BCUT2D eigenvalue weighted by Crippen LogP contribution is -2.26. The number of carbonyl (C=O) groups excluding carboxylic acids is 1. The number of para-hydroxylation sites is 2. The molecule has 43 heavy (non-hydrogen) atoms. The molecule has 0 fully saturated rings. The second-order valence-electron chi connectivity index (χ2n) is 11.4. The maximum absolute atomic E-state index is 12.5. The minimum Gasteiger partial charge on any atom is -0.494 e. The molecule has 0 unspecified atom stereocenters. The van der Waals surface area contributed by atoms with Gasteiger partial charge in [0.1, 0.15) is 11.6 Å². The number of nitrogens with one attached hydrogen (secondary N) is 1.